The molecule has 14 heavy (non-hydrogen) atoms. The summed E-state index contributed by atoms with van der Waals surface area (Å²) >= 11 is 0. The minimum Gasteiger partial charge on any atom is -0.464 e. The topological polar surface area (TPSA) is 67.4 Å². The van der Waals surface area contributed by atoms with Gasteiger partial charge < -0.3 is 15.4 Å². The smallest absolute Gasteiger partial charge is 0.331 e. The molecule has 0 aliphatic heterocycles. The van der Waals surface area contributed by atoms with Gasteiger partial charge in [-0.05, 0) is 27.8 Å². The average Bonchev–Trinajstić information content (AvgIpc) is 2.03. The molecule has 0 aliphatic rings. The number of hydrogen-bond donors (Lipinski definition) is 2. The van der Waals surface area contributed by atoms with Crippen molar-refractivity contribution in [2.75, 3.05) is 20.2 Å². The highest BCUT2D eigenvalue weighted by molar-refractivity contribution is 5.88. The van der Waals surface area contributed by atoms with Gasteiger partial charge >= 0.3 is 5.97 Å². The zero-order chi connectivity index (χ0) is 11.2. The summed E-state index contributed by atoms with van der Waals surface area (Å²) < 4.78 is 4.81. The molecule has 0 saturated heterocycles. The molecular formula is C9H18N2O3. The van der Waals surface area contributed by atoms with Crippen LogP contribution in [0.4, 0.5) is 0 Å². The van der Waals surface area contributed by atoms with E-state index in [1.165, 1.54) is 0 Å². The number of hydrogen-bond acceptors (Lipinski definition) is 4. The van der Waals surface area contributed by atoms with Crippen molar-refractivity contribution in [2.24, 2.45) is 0 Å². The Morgan fingerprint density at radius 3 is 2.36 bits per heavy atom. The SMILES string of the molecule is CCOC(=O)C(C)(C)NC(=O)CNC. The van der Waals surface area contributed by atoms with Crippen molar-refractivity contribution >= 4 is 11.9 Å². The van der Waals surface area contributed by atoms with Crippen molar-refractivity contribution in [3.63, 3.8) is 0 Å². The fourth-order valence-electron chi connectivity index (χ4n) is 0.916. The summed E-state index contributed by atoms with van der Waals surface area (Å²) in [7, 11) is 1.66. The molecule has 0 fully saturated rings. The molecular weight excluding hydrogens is 184 g/mol. The summed E-state index contributed by atoms with van der Waals surface area (Å²) in [5, 5.41) is 5.26. The monoisotopic (exact) mass is 202 g/mol. The van der Waals surface area contributed by atoms with E-state index in [1.807, 2.05) is 0 Å². The molecule has 0 unspecified atom stereocenters. The number of amides is 1. The summed E-state index contributed by atoms with van der Waals surface area (Å²) in [6, 6.07) is 0. The van der Waals surface area contributed by atoms with Gasteiger partial charge in [0, 0.05) is 0 Å². The maximum Gasteiger partial charge on any atom is 0.331 e. The van der Waals surface area contributed by atoms with E-state index in [-0.39, 0.29) is 12.5 Å². The molecule has 0 aromatic carbocycles. The van der Waals surface area contributed by atoms with E-state index in [1.54, 1.807) is 27.8 Å². The quantitative estimate of drug-likeness (QED) is 0.599. The number of nitrogens with one attached hydrogen (secondary N) is 2. The molecule has 0 bridgehead atoms. The van der Waals surface area contributed by atoms with E-state index in [2.05, 4.69) is 10.6 Å². The minimum atomic E-state index is -0.968. The zero-order valence-corrected chi connectivity index (χ0v) is 9.14. The number of carbonyl (C=O) groups excluding carboxylic acids is 2. The van der Waals surface area contributed by atoms with Crippen molar-refractivity contribution < 1.29 is 14.3 Å². The fourth-order valence-corrected chi connectivity index (χ4v) is 0.916. The largest absolute Gasteiger partial charge is 0.464 e. The minimum absolute atomic E-state index is 0.183. The highest BCUT2D eigenvalue weighted by Crippen LogP contribution is 2.04. The lowest BCUT2D eigenvalue weighted by Crippen LogP contribution is -2.52. The maximum absolute atomic E-state index is 11.3. The van der Waals surface area contributed by atoms with Crippen LogP contribution >= 0.6 is 0 Å². The van der Waals surface area contributed by atoms with Crippen LogP contribution < -0.4 is 10.6 Å². The van der Waals surface area contributed by atoms with Gasteiger partial charge in [0.15, 0.2) is 0 Å². The lowest BCUT2D eigenvalue weighted by Gasteiger charge is -2.23. The van der Waals surface area contributed by atoms with E-state index in [4.69, 9.17) is 4.74 Å². The van der Waals surface area contributed by atoms with Crippen LogP contribution in [0.15, 0.2) is 0 Å². The fraction of sp³-hybridized carbons (Fsp3) is 0.778. The second-order valence-corrected chi connectivity index (χ2v) is 3.42. The molecule has 0 aromatic rings. The normalized spacial score (nSPS) is 10.9. The summed E-state index contributed by atoms with van der Waals surface area (Å²) in [6.45, 7) is 5.44. The van der Waals surface area contributed by atoms with Crippen LogP contribution in [0.1, 0.15) is 20.8 Å². The summed E-state index contributed by atoms with van der Waals surface area (Å²) in [4.78, 5) is 22.5. The van der Waals surface area contributed by atoms with E-state index in [9.17, 15) is 9.59 Å². The predicted molar refractivity (Wildman–Crippen MR) is 52.8 cm³/mol. The van der Waals surface area contributed by atoms with Crippen LogP contribution in [-0.4, -0.2) is 37.6 Å². The van der Waals surface area contributed by atoms with Gasteiger partial charge in [-0.15, -0.1) is 0 Å². The van der Waals surface area contributed by atoms with E-state index in [0.717, 1.165) is 0 Å². The van der Waals surface area contributed by atoms with E-state index in [0.29, 0.717) is 6.61 Å². The van der Waals surface area contributed by atoms with Crippen molar-refractivity contribution in [1.82, 2.24) is 10.6 Å². The predicted octanol–water partition coefficient (Wildman–Crippen LogP) is -0.336. The van der Waals surface area contributed by atoms with Crippen molar-refractivity contribution in [2.45, 2.75) is 26.3 Å². The van der Waals surface area contributed by atoms with Gasteiger partial charge in [0.1, 0.15) is 5.54 Å². The van der Waals surface area contributed by atoms with Crippen LogP contribution in [0.3, 0.4) is 0 Å². The lowest BCUT2D eigenvalue weighted by atomic mass is 10.1. The average molecular weight is 202 g/mol. The van der Waals surface area contributed by atoms with Crippen LogP contribution in [0, 0.1) is 0 Å². The Bertz CT molecular complexity index is 214. The highest BCUT2D eigenvalue weighted by atomic mass is 16.5. The first-order valence-electron chi connectivity index (χ1n) is 4.57. The van der Waals surface area contributed by atoms with Crippen LogP contribution in [0.5, 0.6) is 0 Å². The molecule has 0 heterocycles. The molecule has 0 rings (SSSR count). The maximum atomic E-state index is 11.3. The lowest BCUT2D eigenvalue weighted by molar-refractivity contribution is -0.151. The van der Waals surface area contributed by atoms with Crippen LogP contribution in [0.25, 0.3) is 0 Å². The molecule has 0 spiro atoms. The first-order chi connectivity index (χ1) is 6.44. The van der Waals surface area contributed by atoms with Gasteiger partial charge in [-0.2, -0.15) is 0 Å². The second-order valence-electron chi connectivity index (χ2n) is 3.42. The van der Waals surface area contributed by atoms with Gasteiger partial charge in [-0.1, -0.05) is 0 Å². The summed E-state index contributed by atoms with van der Waals surface area (Å²) in [6.07, 6.45) is 0. The van der Waals surface area contributed by atoms with Gasteiger partial charge in [0.25, 0.3) is 0 Å². The Kier molecular flexibility index (Phi) is 5.15. The van der Waals surface area contributed by atoms with E-state index < -0.39 is 11.5 Å². The van der Waals surface area contributed by atoms with Gasteiger partial charge in [-0.25, -0.2) is 4.79 Å². The number of esters is 1. The van der Waals surface area contributed by atoms with E-state index >= 15 is 0 Å². The Balaban J connectivity index is 4.18. The Labute approximate surface area is 84.2 Å². The molecule has 0 aromatic heterocycles. The Morgan fingerprint density at radius 1 is 1.36 bits per heavy atom. The zero-order valence-electron chi connectivity index (χ0n) is 9.14. The van der Waals surface area contributed by atoms with Gasteiger partial charge in [0.05, 0.1) is 13.2 Å². The first-order valence-corrected chi connectivity index (χ1v) is 4.57. The highest BCUT2D eigenvalue weighted by Gasteiger charge is 2.30. The van der Waals surface area contributed by atoms with Crippen molar-refractivity contribution in [3.8, 4) is 0 Å². The molecule has 0 atom stereocenters. The molecule has 0 aliphatic carbocycles. The van der Waals surface area contributed by atoms with Crippen LogP contribution in [0.2, 0.25) is 0 Å². The number of carbonyl (C=O) groups is 2. The first kappa shape index (κ1) is 12.9. The molecule has 0 radical (unpaired) electrons. The third kappa shape index (κ3) is 4.23. The molecule has 82 valence electrons. The molecule has 5 heteroatoms. The standard InChI is InChI=1S/C9H18N2O3/c1-5-14-8(13)9(2,3)11-7(12)6-10-4/h10H,5-6H2,1-4H3,(H,11,12). The van der Waals surface area contributed by atoms with Crippen molar-refractivity contribution in [1.29, 1.82) is 0 Å². The molecule has 0 saturated carbocycles. The Hall–Kier alpha value is -1.10. The summed E-state index contributed by atoms with van der Waals surface area (Å²) in [5.74, 6) is -0.657. The van der Waals surface area contributed by atoms with Gasteiger partial charge in [0.2, 0.25) is 5.91 Å². The molecule has 1 amide bonds. The molecule has 2 N–H and O–H groups in total. The summed E-state index contributed by atoms with van der Waals surface area (Å²) in [5.41, 5.74) is -0.968. The van der Waals surface area contributed by atoms with Crippen LogP contribution in [-0.2, 0) is 14.3 Å². The number of rotatable bonds is 5. The molecule has 5 nitrogen and oxygen atoms in total. The van der Waals surface area contributed by atoms with Crippen molar-refractivity contribution in [3.05, 3.63) is 0 Å². The third-order valence-corrected chi connectivity index (χ3v) is 1.57. The second kappa shape index (κ2) is 5.59. The Morgan fingerprint density at radius 2 is 1.93 bits per heavy atom. The number of ether oxygens (including phenoxy) is 1. The third-order valence-electron chi connectivity index (χ3n) is 1.57. The van der Waals surface area contributed by atoms with Gasteiger partial charge in [-0.3, -0.25) is 4.79 Å². The number of likely N-dealkylation sites (N-methyl/N-ethyl adjacent to an activating group) is 1.